The van der Waals surface area contributed by atoms with Crippen molar-refractivity contribution in [1.82, 2.24) is 9.55 Å². The van der Waals surface area contributed by atoms with Gasteiger partial charge in [-0.1, -0.05) is 23.7 Å². The van der Waals surface area contributed by atoms with E-state index in [1.807, 2.05) is 25.1 Å². The lowest BCUT2D eigenvalue weighted by molar-refractivity contribution is 0.0963. The van der Waals surface area contributed by atoms with E-state index in [1.54, 1.807) is 47.3 Å². The largest absolute Gasteiger partial charge is 0.497 e. The topological polar surface area (TPSA) is 47.4 Å². The van der Waals surface area contributed by atoms with Gasteiger partial charge in [-0.2, -0.15) is 0 Å². The van der Waals surface area contributed by atoms with Crippen LogP contribution in [0.3, 0.4) is 0 Å². The van der Waals surface area contributed by atoms with Crippen LogP contribution in [0.5, 0.6) is 5.75 Å². The molecule has 0 saturated carbocycles. The molecule has 0 aliphatic heterocycles. The van der Waals surface area contributed by atoms with Gasteiger partial charge in [-0.15, -0.1) is 11.3 Å². The number of carbonyl (C=O) groups is 1. The molecule has 7 heteroatoms. The average Bonchev–Trinajstić information content (AvgIpc) is 3.52. The van der Waals surface area contributed by atoms with Gasteiger partial charge in [0.25, 0.3) is 5.91 Å². The van der Waals surface area contributed by atoms with Gasteiger partial charge in [0.05, 0.1) is 23.3 Å². The number of fused-ring (bicyclic) bond motifs is 1. The zero-order chi connectivity index (χ0) is 26.8. The van der Waals surface area contributed by atoms with Crippen molar-refractivity contribution in [2.24, 2.45) is 0 Å². The number of nitrogens with zero attached hydrogens (tertiary/aromatic N) is 3. The molecule has 0 N–H and O–H groups in total. The maximum absolute atomic E-state index is 13.6. The normalized spacial score (nSPS) is 11.2. The average molecular weight is 544 g/mol. The Hall–Kier alpha value is -3.61. The molecule has 0 saturated heterocycles. The molecule has 0 unspecified atom stereocenters. The van der Waals surface area contributed by atoms with Gasteiger partial charge >= 0.3 is 0 Å². The Kier molecular flexibility index (Phi) is 7.54. The molecule has 5 rings (SSSR count). The number of rotatable bonds is 8. The van der Waals surface area contributed by atoms with E-state index in [0.717, 1.165) is 57.3 Å². The predicted molar refractivity (Wildman–Crippen MR) is 158 cm³/mol. The maximum Gasteiger partial charge on any atom is 0.262 e. The number of hydrogen-bond acceptors (Lipinski definition) is 5. The van der Waals surface area contributed by atoms with Gasteiger partial charge < -0.3 is 9.64 Å². The van der Waals surface area contributed by atoms with Crippen molar-refractivity contribution in [2.45, 2.75) is 27.2 Å². The van der Waals surface area contributed by atoms with Crippen molar-refractivity contribution in [1.29, 1.82) is 0 Å². The first-order valence-corrected chi connectivity index (χ1v) is 14.0. The van der Waals surface area contributed by atoms with Gasteiger partial charge in [0.2, 0.25) is 0 Å². The summed E-state index contributed by atoms with van der Waals surface area (Å²) in [6.45, 7) is 8.30. The molecule has 5 nitrogen and oxygen atoms in total. The molecule has 5 aromatic rings. The minimum absolute atomic E-state index is 0.0892. The van der Waals surface area contributed by atoms with E-state index in [2.05, 4.69) is 48.4 Å². The van der Waals surface area contributed by atoms with Crippen LogP contribution in [-0.2, 0) is 6.42 Å². The van der Waals surface area contributed by atoms with Crippen LogP contribution in [0.2, 0.25) is 5.02 Å². The highest BCUT2D eigenvalue weighted by atomic mass is 35.5. The van der Waals surface area contributed by atoms with E-state index in [0.29, 0.717) is 17.0 Å². The van der Waals surface area contributed by atoms with Gasteiger partial charge in [-0.05, 0) is 80.9 Å². The summed E-state index contributed by atoms with van der Waals surface area (Å²) in [5.41, 5.74) is 6.68. The van der Waals surface area contributed by atoms with E-state index in [4.69, 9.17) is 21.3 Å². The standard InChI is InChI=1S/C31H30ClN3O2S/c1-5-34(6-2)24-13-9-21(10-14-24)28-19-38-30(33-28)18-26-20(3)35(29-16-15-25(37-4)17-27(26)29)31(36)22-7-11-23(32)12-8-22/h7-17,19H,5-6,18H2,1-4H3. The van der Waals surface area contributed by atoms with Gasteiger partial charge in [-0.25, -0.2) is 4.98 Å². The number of aromatic nitrogens is 2. The number of anilines is 1. The summed E-state index contributed by atoms with van der Waals surface area (Å²) in [6, 6.07) is 21.4. The number of benzene rings is 3. The highest BCUT2D eigenvalue weighted by molar-refractivity contribution is 7.10. The molecule has 0 bridgehead atoms. The summed E-state index contributed by atoms with van der Waals surface area (Å²) in [4.78, 5) is 20.9. The lowest BCUT2D eigenvalue weighted by atomic mass is 10.1. The molecule has 2 aromatic heterocycles. The number of methoxy groups -OCH3 is 1. The Balaban J connectivity index is 1.50. The summed E-state index contributed by atoms with van der Waals surface area (Å²) in [5.74, 6) is 0.664. The third kappa shape index (κ3) is 4.94. The van der Waals surface area contributed by atoms with Crippen molar-refractivity contribution >= 4 is 45.4 Å². The quantitative estimate of drug-likeness (QED) is 0.200. The van der Waals surface area contributed by atoms with Crippen LogP contribution in [0.4, 0.5) is 5.69 Å². The number of thiazole rings is 1. The smallest absolute Gasteiger partial charge is 0.262 e. The van der Waals surface area contributed by atoms with Crippen molar-refractivity contribution in [2.75, 3.05) is 25.1 Å². The van der Waals surface area contributed by atoms with Crippen molar-refractivity contribution in [3.05, 3.63) is 99.0 Å². The summed E-state index contributed by atoms with van der Waals surface area (Å²) in [7, 11) is 1.65. The second-order valence-electron chi connectivity index (χ2n) is 9.12. The fraction of sp³-hybridized carbons (Fsp3) is 0.226. The third-order valence-corrected chi connectivity index (χ3v) is 8.11. The highest BCUT2D eigenvalue weighted by Crippen LogP contribution is 2.33. The monoisotopic (exact) mass is 543 g/mol. The van der Waals surface area contributed by atoms with E-state index >= 15 is 0 Å². The van der Waals surface area contributed by atoms with Gasteiger partial charge in [0.1, 0.15) is 5.75 Å². The van der Waals surface area contributed by atoms with Crippen molar-refractivity contribution in [3.8, 4) is 17.0 Å². The minimum atomic E-state index is -0.0892. The molecule has 0 spiro atoms. The van der Waals surface area contributed by atoms with Gasteiger partial charge in [-0.3, -0.25) is 9.36 Å². The minimum Gasteiger partial charge on any atom is -0.497 e. The Morgan fingerprint density at radius 2 is 1.74 bits per heavy atom. The number of carbonyl (C=O) groups excluding carboxylic acids is 1. The van der Waals surface area contributed by atoms with E-state index < -0.39 is 0 Å². The Bertz CT molecular complexity index is 1580. The molecule has 3 aromatic carbocycles. The van der Waals surface area contributed by atoms with E-state index in [-0.39, 0.29) is 5.91 Å². The second kappa shape index (κ2) is 11.0. The number of ether oxygens (including phenoxy) is 1. The molecule has 0 atom stereocenters. The Morgan fingerprint density at radius 1 is 1.03 bits per heavy atom. The Morgan fingerprint density at radius 3 is 2.39 bits per heavy atom. The molecule has 0 aliphatic rings. The van der Waals surface area contributed by atoms with E-state index in [1.165, 1.54) is 5.69 Å². The molecule has 0 fully saturated rings. The summed E-state index contributed by atoms with van der Waals surface area (Å²) < 4.78 is 7.30. The molecule has 38 heavy (non-hydrogen) atoms. The molecule has 0 amide bonds. The molecule has 194 valence electrons. The first-order valence-electron chi connectivity index (χ1n) is 12.7. The van der Waals surface area contributed by atoms with Crippen LogP contribution in [0.15, 0.2) is 72.1 Å². The van der Waals surface area contributed by atoms with Crippen LogP contribution in [0.25, 0.3) is 22.2 Å². The highest BCUT2D eigenvalue weighted by Gasteiger charge is 2.21. The molecular weight excluding hydrogens is 514 g/mol. The molecular formula is C31H30ClN3O2S. The SMILES string of the molecule is CCN(CC)c1ccc(-c2csc(Cc3c(C)n(C(=O)c4ccc(Cl)cc4)c4ccc(OC)cc34)n2)cc1. The van der Waals surface area contributed by atoms with Gasteiger partial charge in [0.15, 0.2) is 0 Å². The lowest BCUT2D eigenvalue weighted by Crippen LogP contribution is -2.21. The first-order chi connectivity index (χ1) is 18.4. The van der Waals surface area contributed by atoms with Crippen LogP contribution < -0.4 is 9.64 Å². The fourth-order valence-electron chi connectivity index (χ4n) is 4.90. The summed E-state index contributed by atoms with van der Waals surface area (Å²) in [5, 5.41) is 4.69. The lowest BCUT2D eigenvalue weighted by Gasteiger charge is -2.20. The zero-order valence-electron chi connectivity index (χ0n) is 22.0. The number of hydrogen-bond donors (Lipinski definition) is 0. The van der Waals surface area contributed by atoms with Crippen LogP contribution in [-0.4, -0.2) is 35.7 Å². The second-order valence-corrected chi connectivity index (χ2v) is 10.5. The van der Waals surface area contributed by atoms with Gasteiger partial charge in [0, 0.05) is 57.8 Å². The van der Waals surface area contributed by atoms with Crippen LogP contribution in [0, 0.1) is 6.92 Å². The molecule has 0 radical (unpaired) electrons. The Labute approximate surface area is 232 Å². The fourth-order valence-corrected chi connectivity index (χ4v) is 5.84. The first kappa shape index (κ1) is 26.0. The summed E-state index contributed by atoms with van der Waals surface area (Å²) >= 11 is 7.70. The maximum atomic E-state index is 13.6. The molecule has 2 heterocycles. The van der Waals surface area contributed by atoms with Crippen LogP contribution in [0.1, 0.15) is 40.5 Å². The van der Waals surface area contributed by atoms with Crippen molar-refractivity contribution < 1.29 is 9.53 Å². The summed E-state index contributed by atoms with van der Waals surface area (Å²) in [6.07, 6.45) is 0.624. The van der Waals surface area contributed by atoms with Crippen LogP contribution >= 0.6 is 22.9 Å². The zero-order valence-corrected chi connectivity index (χ0v) is 23.6. The molecule has 0 aliphatic carbocycles. The van der Waals surface area contributed by atoms with E-state index in [9.17, 15) is 4.79 Å². The third-order valence-electron chi connectivity index (χ3n) is 7.01. The number of halogens is 1. The predicted octanol–water partition coefficient (Wildman–Crippen LogP) is 7.86. The van der Waals surface area contributed by atoms with Crippen molar-refractivity contribution in [3.63, 3.8) is 0 Å².